The van der Waals surface area contributed by atoms with E-state index in [1.807, 2.05) is 13.8 Å². The average Bonchev–Trinajstić information content (AvgIpc) is 2.55. The van der Waals surface area contributed by atoms with Gasteiger partial charge in [0.2, 0.25) is 0 Å². The number of nitrogens with two attached hydrogens (primary N) is 1. The van der Waals surface area contributed by atoms with Gasteiger partial charge in [0, 0.05) is 11.3 Å². The van der Waals surface area contributed by atoms with Gasteiger partial charge in [-0.25, -0.2) is 9.37 Å². The Kier molecular flexibility index (Phi) is 6.84. The number of aliphatic hydroxyl groups is 1. The van der Waals surface area contributed by atoms with Gasteiger partial charge in [0.1, 0.15) is 17.1 Å². The van der Waals surface area contributed by atoms with Crippen molar-refractivity contribution in [3.63, 3.8) is 0 Å². The summed E-state index contributed by atoms with van der Waals surface area (Å²) in [7, 11) is 0. The molecule has 3 N–H and O–H groups in total. The third-order valence-electron chi connectivity index (χ3n) is 3.13. The first-order valence-electron chi connectivity index (χ1n) is 8.00. The quantitative estimate of drug-likeness (QED) is 0.821. The summed E-state index contributed by atoms with van der Waals surface area (Å²) in [5.74, 6) is 4.02. The molecule has 0 fully saturated rings. The number of primary amides is 1. The Balaban J connectivity index is 0.00000151. The molecule has 0 saturated carbocycles. The first kappa shape index (κ1) is 20.3. The average molecular weight is 342 g/mol. The summed E-state index contributed by atoms with van der Waals surface area (Å²) in [6, 6.07) is 7.66. The molecule has 2 rings (SSSR count). The van der Waals surface area contributed by atoms with E-state index < -0.39 is 17.3 Å². The SMILES string of the molecule is CC.Cc1nc(C#CC(C)(C)O)ccc1-c1ccc(F)c(C(N)=O)c1. The zero-order valence-corrected chi connectivity index (χ0v) is 15.1. The van der Waals surface area contributed by atoms with E-state index in [0.717, 1.165) is 5.56 Å². The molecule has 0 unspecified atom stereocenters. The van der Waals surface area contributed by atoms with Gasteiger partial charge in [-0.15, -0.1) is 0 Å². The van der Waals surface area contributed by atoms with Crippen molar-refractivity contribution in [1.29, 1.82) is 0 Å². The normalized spacial score (nSPS) is 10.2. The van der Waals surface area contributed by atoms with Crippen LogP contribution in [-0.4, -0.2) is 21.6 Å². The van der Waals surface area contributed by atoms with Crippen LogP contribution in [-0.2, 0) is 0 Å². The molecule has 0 aliphatic rings. The summed E-state index contributed by atoms with van der Waals surface area (Å²) in [6.07, 6.45) is 0. The van der Waals surface area contributed by atoms with Crippen molar-refractivity contribution >= 4 is 5.91 Å². The smallest absolute Gasteiger partial charge is 0.251 e. The Labute approximate surface area is 147 Å². The minimum atomic E-state index is -1.10. The fourth-order valence-corrected chi connectivity index (χ4v) is 2.03. The number of hydrogen-bond acceptors (Lipinski definition) is 3. The van der Waals surface area contributed by atoms with E-state index in [9.17, 15) is 14.3 Å². The molecular formula is C20H23FN2O2. The Hall–Kier alpha value is -2.71. The van der Waals surface area contributed by atoms with Crippen molar-refractivity contribution in [2.45, 2.75) is 40.2 Å². The summed E-state index contributed by atoms with van der Waals surface area (Å²) in [6.45, 7) is 8.97. The molecule has 0 bridgehead atoms. The Bertz CT molecular complexity index is 828. The molecule has 5 heteroatoms. The van der Waals surface area contributed by atoms with Crippen LogP contribution in [0.5, 0.6) is 0 Å². The van der Waals surface area contributed by atoms with Crippen molar-refractivity contribution in [2.75, 3.05) is 0 Å². The molecule has 1 heterocycles. The number of benzene rings is 1. The van der Waals surface area contributed by atoms with Crippen LogP contribution in [0.15, 0.2) is 30.3 Å². The van der Waals surface area contributed by atoms with E-state index in [0.29, 0.717) is 17.0 Å². The van der Waals surface area contributed by atoms with Gasteiger partial charge in [0.25, 0.3) is 5.91 Å². The highest BCUT2D eigenvalue weighted by molar-refractivity contribution is 5.94. The van der Waals surface area contributed by atoms with Crippen LogP contribution < -0.4 is 5.73 Å². The number of hydrogen-bond donors (Lipinski definition) is 2. The van der Waals surface area contributed by atoms with Crippen LogP contribution in [0.1, 0.15) is 49.4 Å². The van der Waals surface area contributed by atoms with Gasteiger partial charge in [-0.2, -0.15) is 0 Å². The molecule has 1 amide bonds. The van der Waals surface area contributed by atoms with Crippen molar-refractivity contribution < 1.29 is 14.3 Å². The lowest BCUT2D eigenvalue weighted by Crippen LogP contribution is -2.14. The van der Waals surface area contributed by atoms with Crippen LogP contribution >= 0.6 is 0 Å². The van der Waals surface area contributed by atoms with Crippen LogP contribution in [0.4, 0.5) is 4.39 Å². The summed E-state index contributed by atoms with van der Waals surface area (Å²) >= 11 is 0. The zero-order chi connectivity index (χ0) is 19.2. The number of pyridine rings is 1. The third kappa shape index (κ3) is 5.70. The second-order valence-electron chi connectivity index (χ2n) is 5.70. The highest BCUT2D eigenvalue weighted by Gasteiger charge is 2.12. The second-order valence-corrected chi connectivity index (χ2v) is 5.70. The second kappa shape index (κ2) is 8.41. The number of rotatable bonds is 2. The molecule has 0 spiro atoms. The molecule has 2 aromatic rings. The van der Waals surface area contributed by atoms with Crippen molar-refractivity contribution in [2.24, 2.45) is 5.73 Å². The van der Waals surface area contributed by atoms with Crippen molar-refractivity contribution in [3.8, 4) is 23.0 Å². The summed E-state index contributed by atoms with van der Waals surface area (Å²) in [4.78, 5) is 15.6. The lowest BCUT2D eigenvalue weighted by molar-refractivity contribution is 0.0996. The minimum absolute atomic E-state index is 0.159. The van der Waals surface area contributed by atoms with Crippen LogP contribution in [0.3, 0.4) is 0 Å². The monoisotopic (exact) mass is 342 g/mol. The Morgan fingerprint density at radius 1 is 1.24 bits per heavy atom. The summed E-state index contributed by atoms with van der Waals surface area (Å²) in [5.41, 5.74) is 6.50. The first-order valence-corrected chi connectivity index (χ1v) is 8.00. The number of halogens is 1. The van der Waals surface area contributed by atoms with E-state index in [4.69, 9.17) is 5.73 Å². The highest BCUT2D eigenvalue weighted by atomic mass is 19.1. The molecule has 0 aliphatic heterocycles. The van der Waals surface area contributed by atoms with Gasteiger partial charge in [0.15, 0.2) is 0 Å². The predicted octanol–water partition coefficient (Wildman–Crippen LogP) is 3.44. The number of aromatic nitrogens is 1. The Morgan fingerprint density at radius 2 is 1.88 bits per heavy atom. The predicted molar refractivity (Wildman–Crippen MR) is 97.4 cm³/mol. The highest BCUT2D eigenvalue weighted by Crippen LogP contribution is 2.24. The minimum Gasteiger partial charge on any atom is -0.378 e. The van der Waals surface area contributed by atoms with Gasteiger partial charge >= 0.3 is 0 Å². The summed E-state index contributed by atoms with van der Waals surface area (Å²) in [5, 5.41) is 9.61. The summed E-state index contributed by atoms with van der Waals surface area (Å²) < 4.78 is 13.6. The number of carbonyl (C=O) groups excluding carboxylic acids is 1. The van der Waals surface area contributed by atoms with E-state index in [1.165, 1.54) is 12.1 Å². The Morgan fingerprint density at radius 3 is 2.40 bits per heavy atom. The topological polar surface area (TPSA) is 76.2 Å². The number of nitrogens with zero attached hydrogens (tertiary/aromatic N) is 1. The first-order chi connectivity index (χ1) is 11.7. The van der Waals surface area contributed by atoms with Gasteiger partial charge < -0.3 is 10.8 Å². The lowest BCUT2D eigenvalue weighted by atomic mass is 10.0. The molecule has 1 aromatic carbocycles. The molecule has 0 aliphatic carbocycles. The number of aryl methyl sites for hydroxylation is 1. The van der Waals surface area contributed by atoms with Gasteiger partial charge in [-0.05, 0) is 56.5 Å². The van der Waals surface area contributed by atoms with Crippen LogP contribution in [0.2, 0.25) is 0 Å². The molecule has 4 nitrogen and oxygen atoms in total. The van der Waals surface area contributed by atoms with Gasteiger partial charge in [0.05, 0.1) is 5.56 Å². The maximum Gasteiger partial charge on any atom is 0.251 e. The molecule has 0 saturated heterocycles. The van der Waals surface area contributed by atoms with Crippen molar-refractivity contribution in [1.82, 2.24) is 4.98 Å². The van der Waals surface area contributed by atoms with Crippen LogP contribution in [0, 0.1) is 24.6 Å². The number of amides is 1. The van der Waals surface area contributed by atoms with Crippen LogP contribution in [0.25, 0.3) is 11.1 Å². The fourth-order valence-electron chi connectivity index (χ4n) is 2.03. The molecule has 25 heavy (non-hydrogen) atoms. The molecule has 0 atom stereocenters. The fraction of sp³-hybridized carbons (Fsp3) is 0.300. The van der Waals surface area contributed by atoms with E-state index >= 15 is 0 Å². The zero-order valence-electron chi connectivity index (χ0n) is 15.1. The largest absolute Gasteiger partial charge is 0.378 e. The third-order valence-corrected chi connectivity index (χ3v) is 3.13. The molecule has 0 radical (unpaired) electrons. The standard InChI is InChI=1S/C18H17FN2O2.C2H6/c1-11-14(6-5-13(21-11)8-9-18(2,3)23)12-4-7-16(19)15(10-12)17(20)22;1-2/h4-7,10,23H,1-3H3,(H2,20,22);1-2H3. The van der Waals surface area contributed by atoms with E-state index in [-0.39, 0.29) is 5.56 Å². The number of carbonyl (C=O) groups is 1. The van der Waals surface area contributed by atoms with Gasteiger partial charge in [-0.1, -0.05) is 25.8 Å². The van der Waals surface area contributed by atoms with E-state index in [1.54, 1.807) is 39.0 Å². The molecular weight excluding hydrogens is 319 g/mol. The lowest BCUT2D eigenvalue weighted by Gasteiger charge is -2.08. The molecule has 1 aromatic heterocycles. The van der Waals surface area contributed by atoms with Gasteiger partial charge in [-0.3, -0.25) is 4.79 Å². The molecule has 132 valence electrons. The van der Waals surface area contributed by atoms with Crippen molar-refractivity contribution in [3.05, 3.63) is 53.1 Å². The maximum absolute atomic E-state index is 13.6. The maximum atomic E-state index is 13.6. The van der Waals surface area contributed by atoms with E-state index in [2.05, 4.69) is 16.8 Å².